The number of aromatic nitrogens is 2. The number of nitrogen functional groups attached to an aromatic ring is 1. The Kier molecular flexibility index (Phi) is 4.51. The average Bonchev–Trinajstić information content (AvgIpc) is 2.41. The molecule has 1 fully saturated rings. The summed E-state index contributed by atoms with van der Waals surface area (Å²) in [6, 6.07) is 0. The van der Waals surface area contributed by atoms with Crippen LogP contribution in [0.2, 0.25) is 0 Å². The number of hydrogen-bond acceptors (Lipinski definition) is 4. The van der Waals surface area contributed by atoms with E-state index in [1.807, 2.05) is 6.92 Å². The summed E-state index contributed by atoms with van der Waals surface area (Å²) in [7, 11) is 0. The molecular formula is C16H28N4. The van der Waals surface area contributed by atoms with Gasteiger partial charge >= 0.3 is 0 Å². The summed E-state index contributed by atoms with van der Waals surface area (Å²) < 4.78 is 0. The lowest BCUT2D eigenvalue weighted by atomic mass is 9.76. The van der Waals surface area contributed by atoms with E-state index < -0.39 is 0 Å². The van der Waals surface area contributed by atoms with E-state index in [4.69, 9.17) is 5.73 Å². The highest BCUT2D eigenvalue weighted by atomic mass is 15.1. The summed E-state index contributed by atoms with van der Waals surface area (Å²) in [6.45, 7) is 9.53. The molecule has 2 rings (SSSR count). The van der Waals surface area contributed by atoms with Gasteiger partial charge in [0.2, 0.25) is 0 Å². The van der Waals surface area contributed by atoms with Gasteiger partial charge in [0.05, 0.1) is 0 Å². The van der Waals surface area contributed by atoms with Gasteiger partial charge in [-0.2, -0.15) is 0 Å². The molecule has 1 aromatic heterocycles. The molecule has 3 N–H and O–H groups in total. The van der Waals surface area contributed by atoms with Crippen molar-refractivity contribution < 1.29 is 0 Å². The van der Waals surface area contributed by atoms with Crippen molar-refractivity contribution in [3.05, 3.63) is 11.4 Å². The van der Waals surface area contributed by atoms with Gasteiger partial charge in [0, 0.05) is 18.0 Å². The zero-order valence-electron chi connectivity index (χ0n) is 13.3. The molecule has 1 heterocycles. The fourth-order valence-electron chi connectivity index (χ4n) is 2.86. The highest BCUT2D eigenvalue weighted by molar-refractivity contribution is 5.55. The van der Waals surface area contributed by atoms with E-state index in [2.05, 4.69) is 36.1 Å². The summed E-state index contributed by atoms with van der Waals surface area (Å²) in [4.78, 5) is 9.02. The quantitative estimate of drug-likeness (QED) is 0.876. The second-order valence-corrected chi connectivity index (χ2v) is 6.82. The van der Waals surface area contributed by atoms with Crippen molar-refractivity contribution >= 4 is 11.6 Å². The first-order valence-electron chi connectivity index (χ1n) is 7.79. The molecule has 4 nitrogen and oxygen atoms in total. The number of nitrogens with two attached hydrogens (primary N) is 1. The Morgan fingerprint density at radius 2 is 1.85 bits per heavy atom. The number of nitrogens with zero attached hydrogens (tertiary/aromatic N) is 2. The van der Waals surface area contributed by atoms with Crippen LogP contribution < -0.4 is 11.1 Å². The molecule has 1 aliphatic rings. The molecule has 0 spiro atoms. The Morgan fingerprint density at radius 3 is 2.45 bits per heavy atom. The minimum absolute atomic E-state index is 0.295. The SMILES string of the molecule is Cc1c(N)nc(C(C)C)nc1NCC1(C)CCCCC1. The second kappa shape index (κ2) is 5.98. The van der Waals surface area contributed by atoms with E-state index in [0.717, 1.165) is 23.8 Å². The average molecular weight is 276 g/mol. The lowest BCUT2D eigenvalue weighted by molar-refractivity contribution is 0.233. The zero-order valence-corrected chi connectivity index (χ0v) is 13.3. The van der Waals surface area contributed by atoms with E-state index in [0.29, 0.717) is 17.2 Å². The van der Waals surface area contributed by atoms with Crippen molar-refractivity contribution in [1.82, 2.24) is 9.97 Å². The van der Waals surface area contributed by atoms with Crippen molar-refractivity contribution in [1.29, 1.82) is 0 Å². The lowest BCUT2D eigenvalue weighted by Crippen LogP contribution is -2.29. The molecule has 4 heteroatoms. The van der Waals surface area contributed by atoms with Gasteiger partial charge in [0.15, 0.2) is 0 Å². The molecule has 0 unspecified atom stereocenters. The molecule has 0 bridgehead atoms. The van der Waals surface area contributed by atoms with Crippen LogP contribution in [0.4, 0.5) is 11.6 Å². The third kappa shape index (κ3) is 3.41. The molecular weight excluding hydrogens is 248 g/mol. The summed E-state index contributed by atoms with van der Waals surface area (Å²) in [6.07, 6.45) is 6.68. The normalized spacial score (nSPS) is 18.2. The van der Waals surface area contributed by atoms with Crippen LogP contribution >= 0.6 is 0 Å². The van der Waals surface area contributed by atoms with Gasteiger partial charge in [-0.15, -0.1) is 0 Å². The molecule has 1 aromatic rings. The molecule has 1 saturated carbocycles. The van der Waals surface area contributed by atoms with Crippen LogP contribution in [0.3, 0.4) is 0 Å². The lowest BCUT2D eigenvalue weighted by Gasteiger charge is -2.34. The van der Waals surface area contributed by atoms with Gasteiger partial charge in [0.1, 0.15) is 17.5 Å². The van der Waals surface area contributed by atoms with Gasteiger partial charge in [-0.05, 0) is 25.2 Å². The van der Waals surface area contributed by atoms with Crippen molar-refractivity contribution in [2.75, 3.05) is 17.6 Å². The van der Waals surface area contributed by atoms with Crippen LogP contribution in [0.5, 0.6) is 0 Å². The summed E-state index contributed by atoms with van der Waals surface area (Å²) >= 11 is 0. The first-order chi connectivity index (χ1) is 9.41. The van der Waals surface area contributed by atoms with Crippen LogP contribution in [0.25, 0.3) is 0 Å². The first kappa shape index (κ1) is 15.1. The monoisotopic (exact) mass is 276 g/mol. The molecule has 0 atom stereocenters. The Labute approximate surface area is 122 Å². The Balaban J connectivity index is 2.12. The van der Waals surface area contributed by atoms with E-state index >= 15 is 0 Å². The second-order valence-electron chi connectivity index (χ2n) is 6.82. The number of anilines is 2. The molecule has 1 aliphatic carbocycles. The molecule has 20 heavy (non-hydrogen) atoms. The summed E-state index contributed by atoms with van der Waals surface area (Å²) in [5.74, 6) is 2.63. The fraction of sp³-hybridized carbons (Fsp3) is 0.750. The van der Waals surface area contributed by atoms with Crippen molar-refractivity contribution in [2.45, 2.75) is 65.7 Å². The maximum Gasteiger partial charge on any atom is 0.135 e. The van der Waals surface area contributed by atoms with Crippen LogP contribution in [0, 0.1) is 12.3 Å². The smallest absolute Gasteiger partial charge is 0.135 e. The van der Waals surface area contributed by atoms with Gasteiger partial charge in [-0.3, -0.25) is 0 Å². The minimum atomic E-state index is 0.295. The van der Waals surface area contributed by atoms with Gasteiger partial charge < -0.3 is 11.1 Å². The number of rotatable bonds is 4. The van der Waals surface area contributed by atoms with Crippen LogP contribution in [-0.4, -0.2) is 16.5 Å². The summed E-state index contributed by atoms with van der Waals surface area (Å²) in [5, 5.41) is 3.53. The third-order valence-electron chi connectivity index (χ3n) is 4.46. The summed E-state index contributed by atoms with van der Waals surface area (Å²) in [5.41, 5.74) is 7.37. The Morgan fingerprint density at radius 1 is 1.20 bits per heavy atom. The molecule has 0 radical (unpaired) electrons. The fourth-order valence-corrected chi connectivity index (χ4v) is 2.86. The van der Waals surface area contributed by atoms with Crippen LogP contribution in [0.1, 0.15) is 70.2 Å². The molecule has 0 saturated heterocycles. The maximum atomic E-state index is 6.01. The van der Waals surface area contributed by atoms with Gasteiger partial charge in [0.25, 0.3) is 0 Å². The van der Waals surface area contributed by atoms with Gasteiger partial charge in [-0.1, -0.05) is 40.0 Å². The largest absolute Gasteiger partial charge is 0.383 e. The minimum Gasteiger partial charge on any atom is -0.383 e. The topological polar surface area (TPSA) is 63.8 Å². The predicted molar refractivity (Wildman–Crippen MR) is 85.0 cm³/mol. The maximum absolute atomic E-state index is 6.01. The van der Waals surface area contributed by atoms with Gasteiger partial charge in [-0.25, -0.2) is 9.97 Å². The predicted octanol–water partition coefficient (Wildman–Crippen LogP) is 3.87. The Hall–Kier alpha value is -1.32. The van der Waals surface area contributed by atoms with E-state index in [-0.39, 0.29) is 0 Å². The van der Waals surface area contributed by atoms with Crippen molar-refractivity contribution in [3.8, 4) is 0 Å². The van der Waals surface area contributed by atoms with Crippen molar-refractivity contribution in [2.24, 2.45) is 5.41 Å². The highest BCUT2D eigenvalue weighted by Gasteiger charge is 2.27. The first-order valence-corrected chi connectivity index (χ1v) is 7.79. The van der Waals surface area contributed by atoms with E-state index in [9.17, 15) is 0 Å². The van der Waals surface area contributed by atoms with Crippen molar-refractivity contribution in [3.63, 3.8) is 0 Å². The molecule has 0 aliphatic heterocycles. The standard InChI is InChI=1S/C16H28N4/c1-11(2)14-19-13(17)12(3)15(20-14)18-10-16(4)8-6-5-7-9-16/h11H,5-10H2,1-4H3,(H3,17,18,19,20). The van der Waals surface area contributed by atoms with Crippen LogP contribution in [-0.2, 0) is 0 Å². The third-order valence-corrected chi connectivity index (χ3v) is 4.46. The number of hydrogen-bond donors (Lipinski definition) is 2. The van der Waals surface area contributed by atoms with Crippen LogP contribution in [0.15, 0.2) is 0 Å². The molecule has 0 aromatic carbocycles. The zero-order chi connectivity index (χ0) is 14.8. The molecule has 112 valence electrons. The number of nitrogens with one attached hydrogen (secondary N) is 1. The highest BCUT2D eigenvalue weighted by Crippen LogP contribution is 2.36. The van der Waals surface area contributed by atoms with E-state index in [1.54, 1.807) is 0 Å². The van der Waals surface area contributed by atoms with E-state index in [1.165, 1.54) is 32.1 Å². The Bertz CT molecular complexity index is 462. The molecule has 0 amide bonds.